The minimum absolute atomic E-state index is 0.170. The molecule has 0 spiro atoms. The van der Waals surface area contributed by atoms with E-state index in [1.807, 2.05) is 11.0 Å². The van der Waals surface area contributed by atoms with Crippen molar-refractivity contribution in [1.82, 2.24) is 10.2 Å². The molecule has 108 valence electrons. The van der Waals surface area contributed by atoms with Crippen molar-refractivity contribution in [2.45, 2.75) is 25.8 Å². The molecule has 0 atom stereocenters. The van der Waals surface area contributed by atoms with Gasteiger partial charge in [-0.15, -0.1) is 0 Å². The van der Waals surface area contributed by atoms with E-state index in [1.165, 1.54) is 5.56 Å². The number of nitrogens with one attached hydrogen (secondary N) is 1. The van der Waals surface area contributed by atoms with Crippen LogP contribution in [0, 0.1) is 5.92 Å². The van der Waals surface area contributed by atoms with Crippen LogP contribution < -0.4 is 5.32 Å². The molecule has 1 aromatic carbocycles. The number of nitrogens with zero attached hydrogens (tertiary/aromatic N) is 1. The van der Waals surface area contributed by atoms with Gasteiger partial charge in [-0.2, -0.15) is 0 Å². The summed E-state index contributed by atoms with van der Waals surface area (Å²) in [7, 11) is 0. The smallest absolute Gasteiger partial charge is 0.226 e. The molecular weight excluding hydrogens is 295 g/mol. The highest BCUT2D eigenvalue weighted by atomic mass is 35.5. The fourth-order valence-corrected chi connectivity index (χ4v) is 3.69. The van der Waals surface area contributed by atoms with E-state index < -0.39 is 0 Å². The number of halogens is 2. The van der Waals surface area contributed by atoms with Crippen LogP contribution in [-0.4, -0.2) is 30.4 Å². The number of piperidine rings is 1. The third kappa shape index (κ3) is 2.80. The van der Waals surface area contributed by atoms with E-state index in [4.69, 9.17) is 23.2 Å². The topological polar surface area (TPSA) is 32.3 Å². The molecule has 0 radical (unpaired) electrons. The van der Waals surface area contributed by atoms with Crippen molar-refractivity contribution in [2.75, 3.05) is 19.6 Å². The van der Waals surface area contributed by atoms with Crippen molar-refractivity contribution in [3.8, 4) is 0 Å². The molecule has 2 aliphatic rings. The van der Waals surface area contributed by atoms with Crippen LogP contribution in [0.5, 0.6) is 0 Å². The largest absolute Gasteiger partial charge is 0.338 e. The molecule has 20 heavy (non-hydrogen) atoms. The minimum Gasteiger partial charge on any atom is -0.338 e. The molecular formula is C15H18Cl2N2O. The number of carbonyl (C=O) groups excluding carboxylic acids is 1. The Bertz CT molecular complexity index is 527. The van der Waals surface area contributed by atoms with Gasteiger partial charge in [-0.25, -0.2) is 0 Å². The van der Waals surface area contributed by atoms with E-state index >= 15 is 0 Å². The summed E-state index contributed by atoms with van der Waals surface area (Å²) in [4.78, 5) is 14.5. The average Bonchev–Trinajstić information content (AvgIpc) is 2.47. The molecule has 0 bridgehead atoms. The fourth-order valence-electron chi connectivity index (χ4n) is 3.10. The first-order valence-electron chi connectivity index (χ1n) is 7.11. The molecule has 5 heteroatoms. The van der Waals surface area contributed by atoms with E-state index in [0.29, 0.717) is 16.6 Å². The van der Waals surface area contributed by atoms with Crippen LogP contribution in [0.15, 0.2) is 12.1 Å². The zero-order valence-corrected chi connectivity index (χ0v) is 12.8. The standard InChI is InChI=1S/C15H18Cl2N2O/c16-12-7-11-3-6-19(9-13(11)14(17)8-12)15(20)10-1-4-18-5-2-10/h7-8,10,18H,1-6,9H2. The molecule has 1 aromatic rings. The fraction of sp³-hybridized carbons (Fsp3) is 0.533. The lowest BCUT2D eigenvalue weighted by molar-refractivity contribution is -0.137. The normalized spacial score (nSPS) is 19.8. The van der Waals surface area contributed by atoms with Gasteiger partial charge in [0.05, 0.1) is 0 Å². The summed E-state index contributed by atoms with van der Waals surface area (Å²) in [5.41, 5.74) is 2.24. The molecule has 1 fully saturated rings. The van der Waals surface area contributed by atoms with E-state index in [2.05, 4.69) is 5.32 Å². The predicted molar refractivity (Wildman–Crippen MR) is 81.2 cm³/mol. The van der Waals surface area contributed by atoms with Gasteiger partial charge in [0.15, 0.2) is 0 Å². The Kier molecular flexibility index (Phi) is 4.20. The summed E-state index contributed by atoms with van der Waals surface area (Å²) in [6.45, 7) is 3.27. The highest BCUT2D eigenvalue weighted by Gasteiger charge is 2.29. The van der Waals surface area contributed by atoms with Gasteiger partial charge in [0, 0.05) is 29.1 Å². The number of hydrogen-bond acceptors (Lipinski definition) is 2. The van der Waals surface area contributed by atoms with Crippen LogP contribution in [0.25, 0.3) is 0 Å². The third-order valence-electron chi connectivity index (χ3n) is 4.25. The number of fused-ring (bicyclic) bond motifs is 1. The Labute approximate surface area is 129 Å². The molecule has 2 aliphatic heterocycles. The Hall–Kier alpha value is -0.770. The number of hydrogen-bond donors (Lipinski definition) is 1. The van der Waals surface area contributed by atoms with Crippen LogP contribution in [0.4, 0.5) is 0 Å². The molecule has 0 saturated carbocycles. The predicted octanol–water partition coefficient (Wildman–Crippen LogP) is 2.88. The lowest BCUT2D eigenvalue weighted by Crippen LogP contribution is -2.43. The van der Waals surface area contributed by atoms with Gasteiger partial charge in [0.1, 0.15) is 0 Å². The Balaban J connectivity index is 1.76. The first-order chi connectivity index (χ1) is 9.65. The van der Waals surface area contributed by atoms with E-state index in [1.54, 1.807) is 6.07 Å². The minimum atomic E-state index is 0.170. The second-order valence-electron chi connectivity index (χ2n) is 5.56. The van der Waals surface area contributed by atoms with Crippen LogP contribution in [0.3, 0.4) is 0 Å². The third-order valence-corrected chi connectivity index (χ3v) is 4.81. The summed E-state index contributed by atoms with van der Waals surface area (Å²) in [6.07, 6.45) is 2.72. The van der Waals surface area contributed by atoms with Crippen molar-refractivity contribution in [3.63, 3.8) is 0 Å². The number of amides is 1. The van der Waals surface area contributed by atoms with Crippen molar-refractivity contribution < 1.29 is 4.79 Å². The van der Waals surface area contributed by atoms with E-state index in [-0.39, 0.29) is 11.8 Å². The molecule has 1 saturated heterocycles. The second-order valence-corrected chi connectivity index (χ2v) is 6.40. The summed E-state index contributed by atoms with van der Waals surface area (Å²) in [5.74, 6) is 0.451. The Morgan fingerprint density at radius 2 is 2.00 bits per heavy atom. The zero-order valence-electron chi connectivity index (χ0n) is 11.3. The van der Waals surface area contributed by atoms with Crippen LogP contribution in [0.1, 0.15) is 24.0 Å². The number of rotatable bonds is 1. The highest BCUT2D eigenvalue weighted by molar-refractivity contribution is 6.35. The van der Waals surface area contributed by atoms with Gasteiger partial charge in [-0.05, 0) is 55.6 Å². The lowest BCUT2D eigenvalue weighted by Gasteiger charge is -2.33. The number of carbonyl (C=O) groups is 1. The Morgan fingerprint density at radius 3 is 2.75 bits per heavy atom. The summed E-state index contributed by atoms with van der Waals surface area (Å²) >= 11 is 12.3. The highest BCUT2D eigenvalue weighted by Crippen LogP contribution is 2.31. The van der Waals surface area contributed by atoms with Gasteiger partial charge in [-0.3, -0.25) is 4.79 Å². The lowest BCUT2D eigenvalue weighted by atomic mass is 9.94. The number of benzene rings is 1. The molecule has 1 N–H and O–H groups in total. The maximum atomic E-state index is 12.6. The van der Waals surface area contributed by atoms with E-state index in [0.717, 1.165) is 44.5 Å². The maximum Gasteiger partial charge on any atom is 0.226 e. The van der Waals surface area contributed by atoms with E-state index in [9.17, 15) is 4.79 Å². The average molecular weight is 313 g/mol. The van der Waals surface area contributed by atoms with Crippen LogP contribution in [-0.2, 0) is 17.8 Å². The van der Waals surface area contributed by atoms with Crippen molar-refractivity contribution >= 4 is 29.1 Å². The van der Waals surface area contributed by atoms with Crippen LogP contribution >= 0.6 is 23.2 Å². The summed E-state index contributed by atoms with van der Waals surface area (Å²) in [6, 6.07) is 3.73. The van der Waals surface area contributed by atoms with Gasteiger partial charge < -0.3 is 10.2 Å². The van der Waals surface area contributed by atoms with Gasteiger partial charge in [0.25, 0.3) is 0 Å². The second kappa shape index (κ2) is 5.92. The Morgan fingerprint density at radius 1 is 1.25 bits per heavy atom. The molecule has 1 amide bonds. The van der Waals surface area contributed by atoms with Crippen molar-refractivity contribution in [2.24, 2.45) is 5.92 Å². The molecule has 0 unspecified atom stereocenters. The zero-order chi connectivity index (χ0) is 14.1. The van der Waals surface area contributed by atoms with Crippen molar-refractivity contribution in [3.05, 3.63) is 33.3 Å². The van der Waals surface area contributed by atoms with Crippen molar-refractivity contribution in [1.29, 1.82) is 0 Å². The quantitative estimate of drug-likeness (QED) is 0.865. The summed E-state index contributed by atoms with van der Waals surface area (Å²) < 4.78 is 0. The molecule has 0 aromatic heterocycles. The van der Waals surface area contributed by atoms with Gasteiger partial charge in [-0.1, -0.05) is 23.2 Å². The molecule has 0 aliphatic carbocycles. The summed E-state index contributed by atoms with van der Waals surface area (Å²) in [5, 5.41) is 4.65. The SMILES string of the molecule is O=C(C1CCNCC1)N1CCc2cc(Cl)cc(Cl)c2C1. The van der Waals surface area contributed by atoms with Gasteiger partial charge >= 0.3 is 0 Å². The maximum absolute atomic E-state index is 12.6. The van der Waals surface area contributed by atoms with Gasteiger partial charge in [0.2, 0.25) is 5.91 Å². The first-order valence-corrected chi connectivity index (χ1v) is 7.87. The molecule has 3 rings (SSSR count). The molecule has 2 heterocycles. The van der Waals surface area contributed by atoms with Crippen LogP contribution in [0.2, 0.25) is 10.0 Å². The molecule has 3 nitrogen and oxygen atoms in total. The first kappa shape index (κ1) is 14.2. The monoisotopic (exact) mass is 312 g/mol.